The second kappa shape index (κ2) is 7.47. The Hall–Kier alpha value is -2.78. The summed E-state index contributed by atoms with van der Waals surface area (Å²) in [6.07, 6.45) is 0. The fourth-order valence-corrected chi connectivity index (χ4v) is 1.92. The van der Waals surface area contributed by atoms with Crippen LogP contribution in [0, 0.1) is 17.1 Å². The van der Waals surface area contributed by atoms with Gasteiger partial charge in [-0.1, -0.05) is 11.6 Å². The van der Waals surface area contributed by atoms with Crippen LogP contribution < -0.4 is 14.2 Å². The number of carbonyl (C=O) groups is 1. The first-order valence-electron chi connectivity index (χ1n) is 6.40. The van der Waals surface area contributed by atoms with E-state index in [2.05, 4.69) is 0 Å². The molecule has 0 aliphatic rings. The number of ether oxygens (including phenoxy) is 3. The Morgan fingerprint density at radius 2 is 1.96 bits per heavy atom. The zero-order valence-electron chi connectivity index (χ0n) is 12.0. The minimum atomic E-state index is -0.701. The molecule has 0 atom stereocenters. The first-order chi connectivity index (χ1) is 11.0. The summed E-state index contributed by atoms with van der Waals surface area (Å²) in [5.74, 6) is -0.639. The second-order valence-corrected chi connectivity index (χ2v) is 4.72. The van der Waals surface area contributed by atoms with Crippen molar-refractivity contribution in [2.75, 3.05) is 13.7 Å². The van der Waals surface area contributed by atoms with Gasteiger partial charge >= 0.3 is 5.97 Å². The standard InChI is InChI=1S/C16H11ClFNO4/c1-21-15-6-10(8-19)2-4-14(15)23-16(20)9-22-13-5-3-11(18)7-12(13)17/h2-7H,9H2,1H3. The zero-order valence-corrected chi connectivity index (χ0v) is 12.8. The van der Waals surface area contributed by atoms with Crippen LogP contribution in [-0.2, 0) is 4.79 Å². The maximum absolute atomic E-state index is 12.9. The maximum atomic E-state index is 12.9. The number of hydrogen-bond acceptors (Lipinski definition) is 5. The third-order valence-corrected chi connectivity index (χ3v) is 3.05. The molecule has 0 heterocycles. The van der Waals surface area contributed by atoms with Gasteiger partial charge in [0.1, 0.15) is 11.6 Å². The van der Waals surface area contributed by atoms with Crippen LogP contribution in [0.5, 0.6) is 17.2 Å². The molecule has 0 saturated carbocycles. The molecule has 0 radical (unpaired) electrons. The van der Waals surface area contributed by atoms with Crippen LogP contribution in [0.4, 0.5) is 4.39 Å². The van der Waals surface area contributed by atoms with Gasteiger partial charge in [-0.15, -0.1) is 0 Å². The van der Waals surface area contributed by atoms with Crippen molar-refractivity contribution in [3.05, 3.63) is 52.8 Å². The number of hydrogen-bond donors (Lipinski definition) is 0. The molecule has 0 amide bonds. The molecule has 23 heavy (non-hydrogen) atoms. The third kappa shape index (κ3) is 4.34. The molecule has 0 N–H and O–H groups in total. The quantitative estimate of drug-likeness (QED) is 0.619. The van der Waals surface area contributed by atoms with Crippen LogP contribution in [0.15, 0.2) is 36.4 Å². The Bertz CT molecular complexity index is 773. The highest BCUT2D eigenvalue weighted by Crippen LogP contribution is 2.28. The van der Waals surface area contributed by atoms with Gasteiger partial charge in [-0.25, -0.2) is 9.18 Å². The number of benzene rings is 2. The van der Waals surface area contributed by atoms with E-state index < -0.39 is 18.4 Å². The largest absolute Gasteiger partial charge is 0.493 e. The lowest BCUT2D eigenvalue weighted by atomic mass is 10.2. The Morgan fingerprint density at radius 3 is 2.61 bits per heavy atom. The molecule has 0 bridgehead atoms. The molecule has 118 valence electrons. The van der Waals surface area contributed by atoms with E-state index >= 15 is 0 Å². The molecule has 2 rings (SSSR count). The van der Waals surface area contributed by atoms with Gasteiger partial charge in [0.15, 0.2) is 18.1 Å². The van der Waals surface area contributed by atoms with Gasteiger partial charge in [-0.05, 0) is 30.3 Å². The summed E-state index contributed by atoms with van der Waals surface area (Å²) in [6, 6.07) is 9.88. The van der Waals surface area contributed by atoms with Crippen LogP contribution in [0.1, 0.15) is 5.56 Å². The molecule has 2 aromatic carbocycles. The fraction of sp³-hybridized carbons (Fsp3) is 0.125. The average molecular weight is 336 g/mol. The minimum Gasteiger partial charge on any atom is -0.493 e. The predicted octanol–water partition coefficient (Wildman–Crippen LogP) is 3.34. The number of carbonyl (C=O) groups excluding carboxylic acids is 1. The van der Waals surface area contributed by atoms with Gasteiger partial charge in [-0.3, -0.25) is 0 Å². The molecule has 0 aliphatic heterocycles. The van der Waals surface area contributed by atoms with Gasteiger partial charge in [-0.2, -0.15) is 5.26 Å². The SMILES string of the molecule is COc1cc(C#N)ccc1OC(=O)COc1ccc(F)cc1Cl. The zero-order chi connectivity index (χ0) is 16.8. The molecular formula is C16H11ClFNO4. The van der Waals surface area contributed by atoms with Gasteiger partial charge in [0.2, 0.25) is 0 Å². The topological polar surface area (TPSA) is 68.5 Å². The third-order valence-electron chi connectivity index (χ3n) is 2.76. The van der Waals surface area contributed by atoms with Crippen molar-refractivity contribution >= 4 is 17.6 Å². The smallest absolute Gasteiger partial charge is 0.349 e. The molecule has 0 spiro atoms. The second-order valence-electron chi connectivity index (χ2n) is 4.31. The summed E-state index contributed by atoms with van der Waals surface area (Å²) in [6.45, 7) is -0.422. The van der Waals surface area contributed by atoms with Gasteiger partial charge in [0, 0.05) is 6.07 Å². The van der Waals surface area contributed by atoms with E-state index in [1.807, 2.05) is 6.07 Å². The highest BCUT2D eigenvalue weighted by atomic mass is 35.5. The highest BCUT2D eigenvalue weighted by molar-refractivity contribution is 6.32. The molecule has 0 aliphatic carbocycles. The van der Waals surface area contributed by atoms with Crippen LogP contribution in [0.2, 0.25) is 5.02 Å². The lowest BCUT2D eigenvalue weighted by Crippen LogP contribution is -2.18. The van der Waals surface area contributed by atoms with Crippen molar-refractivity contribution in [1.82, 2.24) is 0 Å². The monoisotopic (exact) mass is 335 g/mol. The highest BCUT2D eigenvalue weighted by Gasteiger charge is 2.13. The number of esters is 1. The van der Waals surface area contributed by atoms with E-state index in [1.54, 1.807) is 0 Å². The van der Waals surface area contributed by atoms with E-state index in [4.69, 9.17) is 31.1 Å². The molecule has 5 nitrogen and oxygen atoms in total. The normalized spacial score (nSPS) is 9.83. The lowest BCUT2D eigenvalue weighted by molar-refractivity contribution is -0.136. The predicted molar refractivity (Wildman–Crippen MR) is 80.2 cm³/mol. The molecule has 0 saturated heterocycles. The van der Waals surface area contributed by atoms with Crippen molar-refractivity contribution in [2.24, 2.45) is 0 Å². The molecule has 7 heteroatoms. The minimum absolute atomic E-state index is 0.0498. The molecule has 0 unspecified atom stereocenters. The van der Waals surface area contributed by atoms with Crippen molar-refractivity contribution in [3.8, 4) is 23.3 Å². The molecule has 0 aromatic heterocycles. The Labute approximate surface area is 136 Å². The number of rotatable bonds is 5. The number of nitriles is 1. The average Bonchev–Trinajstić information content (AvgIpc) is 2.54. The van der Waals surface area contributed by atoms with Crippen molar-refractivity contribution in [3.63, 3.8) is 0 Å². The Morgan fingerprint density at radius 1 is 1.22 bits per heavy atom. The fourth-order valence-electron chi connectivity index (χ4n) is 1.70. The summed E-state index contributed by atoms with van der Waals surface area (Å²) in [5, 5.41) is 8.86. The summed E-state index contributed by atoms with van der Waals surface area (Å²) in [5.41, 5.74) is 0.371. The van der Waals surface area contributed by atoms with Crippen molar-refractivity contribution in [1.29, 1.82) is 5.26 Å². The van der Waals surface area contributed by atoms with Crippen LogP contribution in [0.3, 0.4) is 0 Å². The van der Waals surface area contributed by atoms with Gasteiger partial charge < -0.3 is 14.2 Å². The van der Waals surface area contributed by atoms with Crippen molar-refractivity contribution < 1.29 is 23.4 Å². The lowest BCUT2D eigenvalue weighted by Gasteiger charge is -2.10. The van der Waals surface area contributed by atoms with E-state index in [1.165, 1.54) is 31.4 Å². The Balaban J connectivity index is 2.01. The summed E-state index contributed by atoms with van der Waals surface area (Å²) >= 11 is 5.79. The summed E-state index contributed by atoms with van der Waals surface area (Å²) in [7, 11) is 1.39. The van der Waals surface area contributed by atoms with E-state index in [0.29, 0.717) is 5.56 Å². The molecular weight excluding hydrogens is 325 g/mol. The molecule has 2 aromatic rings. The number of halogens is 2. The van der Waals surface area contributed by atoms with E-state index in [9.17, 15) is 9.18 Å². The van der Waals surface area contributed by atoms with Crippen LogP contribution >= 0.6 is 11.6 Å². The maximum Gasteiger partial charge on any atom is 0.349 e. The number of methoxy groups -OCH3 is 1. The Kier molecular flexibility index (Phi) is 5.39. The van der Waals surface area contributed by atoms with Crippen LogP contribution in [-0.4, -0.2) is 19.7 Å². The summed E-state index contributed by atoms with van der Waals surface area (Å²) < 4.78 is 28.2. The number of nitrogens with zero attached hydrogens (tertiary/aromatic N) is 1. The van der Waals surface area contributed by atoms with Crippen molar-refractivity contribution in [2.45, 2.75) is 0 Å². The van der Waals surface area contributed by atoms with Gasteiger partial charge in [0.25, 0.3) is 0 Å². The van der Waals surface area contributed by atoms with E-state index in [0.717, 1.165) is 12.1 Å². The first kappa shape index (κ1) is 16.6. The van der Waals surface area contributed by atoms with Crippen LogP contribution in [0.25, 0.3) is 0 Å². The van der Waals surface area contributed by atoms with Gasteiger partial charge in [0.05, 0.1) is 23.8 Å². The molecule has 0 fully saturated rings. The summed E-state index contributed by atoms with van der Waals surface area (Å²) in [4.78, 5) is 11.8. The van der Waals surface area contributed by atoms with E-state index in [-0.39, 0.29) is 22.3 Å². The first-order valence-corrected chi connectivity index (χ1v) is 6.78.